The van der Waals surface area contributed by atoms with Crippen LogP contribution in [0.5, 0.6) is 0 Å². The lowest BCUT2D eigenvalue weighted by molar-refractivity contribution is -0.192. The number of nitrogens with one attached hydrogen (secondary N) is 1. The molecule has 0 radical (unpaired) electrons. The molecule has 0 spiro atoms. The van der Waals surface area contributed by atoms with Crippen molar-refractivity contribution in [1.29, 1.82) is 0 Å². The number of hydrogen-bond acceptors (Lipinski definition) is 8. The largest absolute Gasteiger partial charge is 0.477 e. The number of methoxy groups -OCH3 is 1. The van der Waals surface area contributed by atoms with Gasteiger partial charge in [0.2, 0.25) is 5.91 Å². The third-order valence-electron chi connectivity index (χ3n) is 4.29. The molecule has 3 atom stereocenters. The zero-order valence-corrected chi connectivity index (χ0v) is 16.5. The quantitative estimate of drug-likeness (QED) is 0.399. The highest BCUT2D eigenvalue weighted by Crippen LogP contribution is 2.47. The Labute approximate surface area is 171 Å². The van der Waals surface area contributed by atoms with Gasteiger partial charge in [0.15, 0.2) is 0 Å². The molecule has 0 aromatic carbocycles. The Hall–Kier alpha value is -2.64. The van der Waals surface area contributed by atoms with Crippen LogP contribution in [-0.2, 0) is 30.3 Å². The minimum absolute atomic E-state index is 0.188. The van der Waals surface area contributed by atoms with Crippen LogP contribution in [-0.4, -0.2) is 63.9 Å². The molecule has 0 bridgehead atoms. The van der Waals surface area contributed by atoms with E-state index in [4.69, 9.17) is 15.2 Å². The SMILES string of the molecule is CO[C@]1(NC(=O)Cc2sccc2F)C(=O)N2C(C(=O)O)=CC(COC(N)=O)S[C@H]21. The van der Waals surface area contributed by atoms with E-state index in [9.17, 15) is 28.7 Å². The smallest absolute Gasteiger partial charge is 0.404 e. The second-order valence-electron chi connectivity index (χ2n) is 6.05. The summed E-state index contributed by atoms with van der Waals surface area (Å²) in [6.07, 6.45) is -0.0886. The molecule has 3 rings (SSSR count). The number of carboxylic acid groups (broad SMARTS) is 1. The molecular weight excluding hydrogens is 429 g/mol. The zero-order chi connectivity index (χ0) is 21.3. The average molecular weight is 445 g/mol. The number of amides is 3. The lowest BCUT2D eigenvalue weighted by atomic mass is 9.99. The van der Waals surface area contributed by atoms with Crippen molar-refractivity contribution in [3.05, 3.63) is 33.9 Å². The van der Waals surface area contributed by atoms with Crippen molar-refractivity contribution in [2.24, 2.45) is 5.73 Å². The predicted molar refractivity (Wildman–Crippen MR) is 99.1 cm³/mol. The highest BCUT2D eigenvalue weighted by atomic mass is 32.2. The minimum Gasteiger partial charge on any atom is -0.477 e. The number of thiophene rings is 1. The standard InChI is InChI=1S/C16H16FN3O7S2/c1-26-16(19-11(21)5-10-8(17)2-3-28-10)13(24)20-9(12(22)23)4-7(29-14(16)20)6-27-15(18)25/h2-4,7,14H,5-6H2,1H3,(H2,18,25)(H,19,21)(H,22,23)/t7?,14-,16+/m0/s1. The van der Waals surface area contributed by atoms with Gasteiger partial charge in [0, 0.05) is 12.0 Å². The first-order valence-corrected chi connectivity index (χ1v) is 9.96. The second kappa shape index (κ2) is 8.00. The van der Waals surface area contributed by atoms with Gasteiger partial charge in [-0.3, -0.25) is 14.5 Å². The number of β-lactam (4-membered cyclic amide) rings is 1. The number of carboxylic acids is 1. The van der Waals surface area contributed by atoms with Crippen LogP contribution >= 0.6 is 23.1 Å². The Kier molecular flexibility index (Phi) is 5.82. The molecule has 1 aromatic heterocycles. The Morgan fingerprint density at radius 1 is 1.45 bits per heavy atom. The molecule has 1 aromatic rings. The van der Waals surface area contributed by atoms with Crippen molar-refractivity contribution in [2.75, 3.05) is 13.7 Å². The maximum Gasteiger partial charge on any atom is 0.404 e. The van der Waals surface area contributed by atoms with Crippen LogP contribution in [0.25, 0.3) is 0 Å². The molecule has 4 N–H and O–H groups in total. The molecule has 3 amide bonds. The van der Waals surface area contributed by atoms with E-state index in [0.29, 0.717) is 0 Å². The van der Waals surface area contributed by atoms with Gasteiger partial charge in [-0.1, -0.05) is 0 Å². The Morgan fingerprint density at radius 2 is 2.17 bits per heavy atom. The second-order valence-corrected chi connectivity index (χ2v) is 8.37. The normalized spacial score (nSPS) is 25.5. The van der Waals surface area contributed by atoms with Crippen LogP contribution in [0.15, 0.2) is 23.2 Å². The number of rotatable bonds is 7. The van der Waals surface area contributed by atoms with Crippen LogP contribution in [0.4, 0.5) is 9.18 Å². The van der Waals surface area contributed by atoms with Crippen LogP contribution < -0.4 is 11.1 Å². The van der Waals surface area contributed by atoms with Crippen molar-refractivity contribution in [3.63, 3.8) is 0 Å². The summed E-state index contributed by atoms with van der Waals surface area (Å²) < 4.78 is 23.6. The number of fused-ring (bicyclic) bond motifs is 1. The van der Waals surface area contributed by atoms with Gasteiger partial charge >= 0.3 is 12.1 Å². The molecule has 0 saturated carbocycles. The summed E-state index contributed by atoms with van der Waals surface area (Å²) in [5.74, 6) is -3.35. The van der Waals surface area contributed by atoms with Crippen molar-refractivity contribution < 1.29 is 38.1 Å². The van der Waals surface area contributed by atoms with Gasteiger partial charge < -0.3 is 25.6 Å². The van der Waals surface area contributed by atoms with Gasteiger partial charge in [-0.15, -0.1) is 23.1 Å². The van der Waals surface area contributed by atoms with Gasteiger partial charge in [0.05, 0.1) is 11.7 Å². The van der Waals surface area contributed by atoms with E-state index in [2.05, 4.69) is 5.32 Å². The van der Waals surface area contributed by atoms with E-state index >= 15 is 0 Å². The molecule has 2 aliphatic heterocycles. The number of carbonyl (C=O) groups excluding carboxylic acids is 3. The van der Waals surface area contributed by atoms with Crippen molar-refractivity contribution in [2.45, 2.75) is 22.8 Å². The minimum atomic E-state index is -1.84. The Morgan fingerprint density at radius 3 is 2.72 bits per heavy atom. The molecule has 29 heavy (non-hydrogen) atoms. The number of thioether (sulfide) groups is 1. The summed E-state index contributed by atoms with van der Waals surface area (Å²) in [6.45, 7) is -0.233. The van der Waals surface area contributed by atoms with Crippen LogP contribution in [0.3, 0.4) is 0 Å². The monoisotopic (exact) mass is 445 g/mol. The summed E-state index contributed by atoms with van der Waals surface area (Å²) in [6, 6.07) is 1.22. The summed E-state index contributed by atoms with van der Waals surface area (Å²) in [7, 11) is 1.19. The fourth-order valence-corrected chi connectivity index (χ4v) is 5.20. The van der Waals surface area contributed by atoms with Crippen LogP contribution in [0.1, 0.15) is 4.88 Å². The van der Waals surface area contributed by atoms with Gasteiger partial charge in [0.1, 0.15) is 23.5 Å². The molecular formula is C16H16FN3O7S2. The van der Waals surface area contributed by atoms with E-state index in [1.165, 1.54) is 24.6 Å². The number of halogens is 1. The molecule has 1 unspecified atom stereocenters. The van der Waals surface area contributed by atoms with Gasteiger partial charge in [-0.2, -0.15) is 0 Å². The summed E-state index contributed by atoms with van der Waals surface area (Å²) in [5.41, 5.74) is 2.77. The summed E-state index contributed by atoms with van der Waals surface area (Å²) in [5, 5.41) is 11.8. The first kappa shape index (κ1) is 21.1. The molecule has 13 heteroatoms. The molecule has 1 fully saturated rings. The van der Waals surface area contributed by atoms with E-state index in [1.54, 1.807) is 0 Å². The predicted octanol–water partition coefficient (Wildman–Crippen LogP) is 0.236. The van der Waals surface area contributed by atoms with Crippen molar-refractivity contribution in [3.8, 4) is 0 Å². The third kappa shape index (κ3) is 3.80. The van der Waals surface area contributed by atoms with Crippen molar-refractivity contribution >= 4 is 47.0 Å². The number of carbonyl (C=O) groups is 4. The number of nitrogens with two attached hydrogens (primary N) is 1. The third-order valence-corrected chi connectivity index (χ3v) is 6.61. The fraction of sp³-hybridized carbons (Fsp3) is 0.375. The molecule has 0 aliphatic carbocycles. The van der Waals surface area contributed by atoms with E-state index in [0.717, 1.165) is 28.0 Å². The number of nitrogens with zero attached hydrogens (tertiary/aromatic N) is 1. The zero-order valence-electron chi connectivity index (χ0n) is 14.9. The Bertz CT molecular complexity index is 905. The molecule has 1 saturated heterocycles. The summed E-state index contributed by atoms with van der Waals surface area (Å²) in [4.78, 5) is 48.7. The van der Waals surface area contributed by atoms with E-state index in [-0.39, 0.29) is 23.6 Å². The average Bonchev–Trinajstić information content (AvgIpc) is 3.07. The molecule has 2 aliphatic rings. The number of aliphatic carboxylic acids is 1. The van der Waals surface area contributed by atoms with Crippen LogP contribution in [0.2, 0.25) is 0 Å². The topological polar surface area (TPSA) is 148 Å². The van der Waals surface area contributed by atoms with E-state index in [1.807, 2.05) is 0 Å². The first-order valence-electron chi connectivity index (χ1n) is 8.14. The van der Waals surface area contributed by atoms with Gasteiger partial charge in [-0.25, -0.2) is 14.0 Å². The first-order chi connectivity index (χ1) is 13.7. The summed E-state index contributed by atoms with van der Waals surface area (Å²) >= 11 is 2.10. The molecule has 10 nitrogen and oxygen atoms in total. The van der Waals surface area contributed by atoms with Gasteiger partial charge in [0.25, 0.3) is 11.6 Å². The number of primary amides is 1. The molecule has 3 heterocycles. The Balaban J connectivity index is 1.81. The number of hydrogen-bond donors (Lipinski definition) is 3. The lowest BCUT2D eigenvalue weighted by Gasteiger charge is -2.56. The fourth-order valence-electron chi connectivity index (χ4n) is 2.99. The van der Waals surface area contributed by atoms with Crippen molar-refractivity contribution in [1.82, 2.24) is 10.2 Å². The molecule has 156 valence electrons. The van der Waals surface area contributed by atoms with E-state index < -0.39 is 46.0 Å². The lowest BCUT2D eigenvalue weighted by Crippen LogP contribution is -2.81. The highest BCUT2D eigenvalue weighted by Gasteiger charge is 2.66. The van der Waals surface area contributed by atoms with Crippen LogP contribution in [0, 0.1) is 5.82 Å². The highest BCUT2D eigenvalue weighted by molar-refractivity contribution is 8.00. The number of ether oxygens (including phenoxy) is 2. The van der Waals surface area contributed by atoms with Gasteiger partial charge in [-0.05, 0) is 17.5 Å². The maximum atomic E-state index is 13.6. The maximum absolute atomic E-state index is 13.6.